The van der Waals surface area contributed by atoms with Crippen LogP contribution in [0.15, 0.2) is 42.5 Å². The van der Waals surface area contributed by atoms with Crippen molar-refractivity contribution in [2.75, 3.05) is 17.2 Å². The van der Waals surface area contributed by atoms with Crippen LogP contribution in [0.25, 0.3) is 0 Å². The number of anilines is 2. The van der Waals surface area contributed by atoms with Crippen molar-refractivity contribution in [1.82, 2.24) is 0 Å². The Labute approximate surface area is 160 Å². The van der Waals surface area contributed by atoms with Gasteiger partial charge in [-0.25, -0.2) is 4.79 Å². The molecule has 0 aliphatic heterocycles. The molecule has 2 amide bonds. The Morgan fingerprint density at radius 2 is 1.62 bits per heavy atom. The number of hydrogen-bond acceptors (Lipinski definition) is 4. The molecule has 6 nitrogen and oxygen atoms in total. The number of esters is 1. The lowest BCUT2D eigenvalue weighted by Gasteiger charge is -2.09. The van der Waals surface area contributed by atoms with Crippen LogP contribution in [-0.2, 0) is 14.3 Å². The summed E-state index contributed by atoms with van der Waals surface area (Å²) in [5.41, 5.74) is 1.20. The van der Waals surface area contributed by atoms with Gasteiger partial charge in [-0.15, -0.1) is 0 Å². The quantitative estimate of drug-likeness (QED) is 0.569. The van der Waals surface area contributed by atoms with Crippen LogP contribution in [0.4, 0.5) is 11.4 Å². The van der Waals surface area contributed by atoms with Crippen LogP contribution in [0.3, 0.4) is 0 Å². The molecule has 0 saturated heterocycles. The zero-order valence-corrected chi connectivity index (χ0v) is 15.4. The van der Waals surface area contributed by atoms with Gasteiger partial charge < -0.3 is 15.4 Å². The first-order valence-corrected chi connectivity index (χ1v) is 8.46. The fourth-order valence-corrected chi connectivity index (χ4v) is 2.50. The van der Waals surface area contributed by atoms with Crippen molar-refractivity contribution in [3.63, 3.8) is 0 Å². The highest BCUT2D eigenvalue weighted by Crippen LogP contribution is 2.25. The van der Waals surface area contributed by atoms with Crippen LogP contribution >= 0.6 is 23.2 Å². The molecular formula is C18H16Cl2N2O4. The second-order valence-corrected chi connectivity index (χ2v) is 6.04. The molecule has 0 unspecified atom stereocenters. The number of rotatable bonds is 6. The summed E-state index contributed by atoms with van der Waals surface area (Å²) in [6, 6.07) is 10.8. The average molecular weight is 395 g/mol. The van der Waals surface area contributed by atoms with Gasteiger partial charge in [-0.1, -0.05) is 23.2 Å². The first-order valence-electron chi connectivity index (χ1n) is 7.71. The Morgan fingerprint density at radius 1 is 0.962 bits per heavy atom. The molecule has 0 fully saturated rings. The lowest BCUT2D eigenvalue weighted by molar-refractivity contribution is -0.123. The summed E-state index contributed by atoms with van der Waals surface area (Å²) >= 11 is 11.8. The minimum absolute atomic E-state index is 0.279. The van der Waals surface area contributed by atoms with E-state index in [1.54, 1.807) is 31.2 Å². The summed E-state index contributed by atoms with van der Waals surface area (Å²) in [5, 5.41) is 5.84. The molecule has 8 heteroatoms. The Bertz CT molecular complexity index is 822. The first kappa shape index (κ1) is 19.8. The van der Waals surface area contributed by atoms with Crippen molar-refractivity contribution in [3.05, 3.63) is 58.1 Å². The van der Waals surface area contributed by atoms with Gasteiger partial charge in [0.15, 0.2) is 0 Å². The third-order valence-corrected chi connectivity index (χ3v) is 3.75. The molecule has 0 aliphatic carbocycles. The first-order chi connectivity index (χ1) is 12.4. The summed E-state index contributed by atoms with van der Waals surface area (Å²) in [7, 11) is 0. The summed E-state index contributed by atoms with van der Waals surface area (Å²) in [5.74, 6) is -1.46. The van der Waals surface area contributed by atoms with Crippen LogP contribution in [0.2, 0.25) is 10.0 Å². The maximum Gasteiger partial charge on any atom is 0.338 e. The third kappa shape index (κ3) is 5.75. The second-order valence-electron chi connectivity index (χ2n) is 5.20. The zero-order valence-electron chi connectivity index (χ0n) is 13.8. The van der Waals surface area contributed by atoms with E-state index in [1.807, 2.05) is 0 Å². The number of nitrogens with one attached hydrogen (secondary N) is 2. The van der Waals surface area contributed by atoms with Crippen molar-refractivity contribution in [1.29, 1.82) is 0 Å². The van der Waals surface area contributed by atoms with E-state index in [2.05, 4.69) is 10.6 Å². The Balaban J connectivity index is 1.89. The van der Waals surface area contributed by atoms with Gasteiger partial charge in [-0.05, 0) is 49.4 Å². The van der Waals surface area contributed by atoms with E-state index in [9.17, 15) is 14.4 Å². The largest absolute Gasteiger partial charge is 0.462 e. The highest BCUT2D eigenvalue weighted by Gasteiger charge is 2.12. The lowest BCUT2D eigenvalue weighted by Crippen LogP contribution is -2.21. The van der Waals surface area contributed by atoms with Crippen molar-refractivity contribution in [3.8, 4) is 0 Å². The SMILES string of the molecule is CCOC(=O)c1ccc(NC(=O)CC(=O)Nc2ccc(Cl)cc2Cl)cc1. The monoisotopic (exact) mass is 394 g/mol. The molecule has 0 heterocycles. The van der Waals surface area contributed by atoms with E-state index in [0.29, 0.717) is 22.0 Å². The molecule has 0 aromatic heterocycles. The molecule has 2 rings (SSSR count). The number of halogens is 2. The third-order valence-electron chi connectivity index (χ3n) is 3.21. The van der Waals surface area contributed by atoms with Crippen LogP contribution in [0.1, 0.15) is 23.7 Å². The van der Waals surface area contributed by atoms with Gasteiger partial charge in [0.1, 0.15) is 6.42 Å². The topological polar surface area (TPSA) is 84.5 Å². The van der Waals surface area contributed by atoms with Crippen LogP contribution in [0, 0.1) is 0 Å². The molecule has 2 aromatic rings. The number of benzene rings is 2. The fraction of sp³-hybridized carbons (Fsp3) is 0.167. The Hall–Kier alpha value is -2.57. The highest BCUT2D eigenvalue weighted by molar-refractivity contribution is 6.36. The lowest BCUT2D eigenvalue weighted by atomic mass is 10.2. The van der Waals surface area contributed by atoms with E-state index >= 15 is 0 Å². The Morgan fingerprint density at radius 3 is 2.23 bits per heavy atom. The van der Waals surface area contributed by atoms with Crippen LogP contribution in [-0.4, -0.2) is 24.4 Å². The van der Waals surface area contributed by atoms with E-state index in [1.165, 1.54) is 18.2 Å². The number of hydrogen-bond donors (Lipinski definition) is 2. The van der Waals surface area contributed by atoms with Gasteiger partial charge in [0.05, 0.1) is 22.9 Å². The van der Waals surface area contributed by atoms with Crippen molar-refractivity contribution < 1.29 is 19.1 Å². The van der Waals surface area contributed by atoms with Gasteiger partial charge >= 0.3 is 5.97 Å². The molecule has 0 aliphatic rings. The summed E-state index contributed by atoms with van der Waals surface area (Å²) < 4.78 is 4.88. The maximum atomic E-state index is 12.0. The fourth-order valence-electron chi connectivity index (χ4n) is 2.04. The average Bonchev–Trinajstić information content (AvgIpc) is 2.58. The molecular weight excluding hydrogens is 379 g/mol. The molecule has 2 N–H and O–H groups in total. The van der Waals surface area contributed by atoms with Gasteiger partial charge in [0.25, 0.3) is 0 Å². The molecule has 0 bridgehead atoms. The zero-order chi connectivity index (χ0) is 19.1. The summed E-state index contributed by atoms with van der Waals surface area (Å²) in [4.78, 5) is 35.5. The number of ether oxygens (including phenoxy) is 1. The predicted molar refractivity (Wildman–Crippen MR) is 101 cm³/mol. The van der Waals surface area contributed by atoms with Gasteiger partial charge in [-0.2, -0.15) is 0 Å². The minimum atomic E-state index is -0.519. The second kappa shape index (κ2) is 9.22. The van der Waals surface area contributed by atoms with E-state index < -0.39 is 24.2 Å². The van der Waals surface area contributed by atoms with Crippen molar-refractivity contribution in [2.24, 2.45) is 0 Å². The van der Waals surface area contributed by atoms with Crippen molar-refractivity contribution in [2.45, 2.75) is 13.3 Å². The highest BCUT2D eigenvalue weighted by atomic mass is 35.5. The summed E-state index contributed by atoms with van der Waals surface area (Å²) in [6.45, 7) is 2.00. The number of carbonyl (C=O) groups is 3. The van der Waals surface area contributed by atoms with Crippen molar-refractivity contribution >= 4 is 52.4 Å². The molecule has 0 atom stereocenters. The van der Waals surface area contributed by atoms with Gasteiger partial charge in [0, 0.05) is 10.7 Å². The summed E-state index contributed by atoms with van der Waals surface area (Å²) in [6.07, 6.45) is -0.390. The number of carbonyl (C=O) groups excluding carboxylic acids is 3. The van der Waals surface area contributed by atoms with Crippen LogP contribution in [0.5, 0.6) is 0 Å². The Kier molecular flexibility index (Phi) is 7.00. The predicted octanol–water partition coefficient (Wildman–Crippen LogP) is 4.14. The van der Waals surface area contributed by atoms with E-state index in [-0.39, 0.29) is 11.6 Å². The normalized spacial score (nSPS) is 10.1. The molecule has 136 valence electrons. The molecule has 26 heavy (non-hydrogen) atoms. The molecule has 2 aromatic carbocycles. The van der Waals surface area contributed by atoms with Crippen LogP contribution < -0.4 is 10.6 Å². The number of amides is 2. The maximum absolute atomic E-state index is 12.0. The smallest absolute Gasteiger partial charge is 0.338 e. The van der Waals surface area contributed by atoms with Gasteiger partial charge in [-0.3, -0.25) is 9.59 Å². The minimum Gasteiger partial charge on any atom is -0.462 e. The standard InChI is InChI=1S/C18H16Cl2N2O4/c1-2-26-18(25)11-3-6-13(7-4-11)21-16(23)10-17(24)22-15-8-5-12(19)9-14(15)20/h3-9H,2,10H2,1H3,(H,21,23)(H,22,24). The molecule has 0 spiro atoms. The van der Waals surface area contributed by atoms with E-state index in [0.717, 1.165) is 0 Å². The molecule has 0 saturated carbocycles. The van der Waals surface area contributed by atoms with E-state index in [4.69, 9.17) is 27.9 Å². The van der Waals surface area contributed by atoms with Gasteiger partial charge in [0.2, 0.25) is 11.8 Å². The molecule has 0 radical (unpaired) electrons.